The van der Waals surface area contributed by atoms with Crippen LogP contribution in [0.15, 0.2) is 77.6 Å². The van der Waals surface area contributed by atoms with E-state index in [0.29, 0.717) is 29.6 Å². The highest BCUT2D eigenvalue weighted by molar-refractivity contribution is 6.32. The molecular weight excluding hydrogens is 462 g/mol. The average molecular weight is 486 g/mol. The number of aryl methyl sites for hydroxylation is 1. The van der Waals surface area contributed by atoms with Crippen LogP contribution in [0.25, 0.3) is 28.5 Å². The van der Waals surface area contributed by atoms with Gasteiger partial charge in [0.15, 0.2) is 0 Å². The predicted octanol–water partition coefficient (Wildman–Crippen LogP) is 5.69. The Kier molecular flexibility index (Phi) is 6.29. The highest BCUT2D eigenvalue weighted by atomic mass is 35.5. The van der Waals surface area contributed by atoms with E-state index in [9.17, 15) is 4.79 Å². The van der Waals surface area contributed by atoms with Crippen molar-refractivity contribution < 1.29 is 13.9 Å². The molecule has 1 aliphatic heterocycles. The third-order valence-corrected chi connectivity index (χ3v) is 6.17. The van der Waals surface area contributed by atoms with Gasteiger partial charge in [0.1, 0.15) is 23.4 Å². The van der Waals surface area contributed by atoms with Crippen LogP contribution in [0.1, 0.15) is 16.7 Å². The second-order valence-corrected chi connectivity index (χ2v) is 8.88. The lowest BCUT2D eigenvalue weighted by Crippen LogP contribution is -2.33. The number of hydrogen-bond donors (Lipinski definition) is 2. The van der Waals surface area contributed by atoms with Crippen molar-refractivity contribution in [1.29, 1.82) is 0 Å². The molecule has 2 aromatic carbocycles. The fourth-order valence-corrected chi connectivity index (χ4v) is 4.49. The third kappa shape index (κ3) is 4.93. The Morgan fingerprint density at radius 2 is 2.03 bits per heavy atom. The molecular formula is C28H24ClN3O3. The molecule has 35 heavy (non-hydrogen) atoms. The van der Waals surface area contributed by atoms with Crippen molar-refractivity contribution in [2.45, 2.75) is 19.4 Å². The van der Waals surface area contributed by atoms with E-state index in [1.807, 2.05) is 43.3 Å². The molecule has 0 spiro atoms. The van der Waals surface area contributed by atoms with Gasteiger partial charge in [0.05, 0.1) is 17.8 Å². The summed E-state index contributed by atoms with van der Waals surface area (Å²) in [7, 11) is 0. The number of benzene rings is 2. The van der Waals surface area contributed by atoms with E-state index in [0.717, 1.165) is 39.1 Å². The fourth-order valence-electron chi connectivity index (χ4n) is 4.21. The summed E-state index contributed by atoms with van der Waals surface area (Å²) < 4.78 is 12.0. The van der Waals surface area contributed by atoms with Gasteiger partial charge in [-0.05, 0) is 54.0 Å². The van der Waals surface area contributed by atoms with Crippen molar-refractivity contribution in [3.05, 3.63) is 94.8 Å². The lowest BCUT2D eigenvalue weighted by Gasteiger charge is -2.11. The summed E-state index contributed by atoms with van der Waals surface area (Å²) in [4.78, 5) is 16.3. The fraction of sp³-hybridized carbons (Fsp3) is 0.143. The molecule has 5 rings (SSSR count). The summed E-state index contributed by atoms with van der Waals surface area (Å²) in [6.45, 7) is 2.39. The second kappa shape index (κ2) is 9.68. The number of fused-ring (bicyclic) bond motifs is 1. The Morgan fingerprint density at radius 3 is 2.80 bits per heavy atom. The molecule has 0 radical (unpaired) electrons. The predicted molar refractivity (Wildman–Crippen MR) is 138 cm³/mol. The first-order valence-corrected chi connectivity index (χ1v) is 11.7. The molecule has 2 aromatic heterocycles. The Balaban J connectivity index is 1.29. The first-order chi connectivity index (χ1) is 17.0. The molecule has 0 saturated carbocycles. The van der Waals surface area contributed by atoms with E-state index in [-0.39, 0.29) is 12.0 Å². The van der Waals surface area contributed by atoms with Gasteiger partial charge in [-0.25, -0.2) is 4.98 Å². The second-order valence-electron chi connectivity index (χ2n) is 8.47. The van der Waals surface area contributed by atoms with Gasteiger partial charge in [0.25, 0.3) is 0 Å². The Morgan fingerprint density at radius 1 is 1.20 bits per heavy atom. The van der Waals surface area contributed by atoms with Gasteiger partial charge in [-0.1, -0.05) is 41.9 Å². The maximum absolute atomic E-state index is 12.3. The smallest absolute Gasteiger partial charge is 0.244 e. The van der Waals surface area contributed by atoms with Crippen LogP contribution in [0.2, 0.25) is 5.02 Å². The van der Waals surface area contributed by atoms with Gasteiger partial charge in [0.2, 0.25) is 5.91 Å². The molecule has 6 nitrogen and oxygen atoms in total. The molecule has 0 aliphatic carbocycles. The number of halogens is 1. The summed E-state index contributed by atoms with van der Waals surface area (Å²) in [5.41, 5.74) is 11.4. The molecule has 1 unspecified atom stereocenters. The number of furan rings is 1. The van der Waals surface area contributed by atoms with E-state index in [1.54, 1.807) is 30.7 Å². The minimum Gasteiger partial charge on any atom is -0.486 e. The Labute approximate surface area is 208 Å². The summed E-state index contributed by atoms with van der Waals surface area (Å²) in [5.74, 6) is 1.70. The number of pyridine rings is 1. The normalized spacial score (nSPS) is 14.6. The molecule has 3 heterocycles. The first-order valence-electron chi connectivity index (χ1n) is 11.3. The Bertz CT molecular complexity index is 1400. The average Bonchev–Trinajstić information content (AvgIpc) is 3.46. The highest BCUT2D eigenvalue weighted by Crippen LogP contribution is 2.43. The number of nitrogens with zero attached hydrogens (tertiary/aromatic N) is 1. The number of ether oxygens (including phenoxy) is 1. The molecule has 1 amide bonds. The molecule has 7 heteroatoms. The van der Waals surface area contributed by atoms with E-state index < -0.39 is 0 Å². The van der Waals surface area contributed by atoms with Crippen LogP contribution >= 0.6 is 11.6 Å². The number of hydrogen-bond acceptors (Lipinski definition) is 5. The number of nitrogens with two attached hydrogens (primary N) is 1. The van der Waals surface area contributed by atoms with Crippen LogP contribution in [0.4, 0.5) is 5.82 Å². The van der Waals surface area contributed by atoms with E-state index >= 15 is 0 Å². The minimum atomic E-state index is -0.213. The molecule has 0 saturated heterocycles. The molecule has 1 atom stereocenters. The van der Waals surface area contributed by atoms with Crippen molar-refractivity contribution in [3.63, 3.8) is 0 Å². The largest absolute Gasteiger partial charge is 0.486 e. The topological polar surface area (TPSA) is 90.4 Å². The van der Waals surface area contributed by atoms with Crippen molar-refractivity contribution >= 4 is 29.4 Å². The lowest BCUT2D eigenvalue weighted by atomic mass is 9.96. The number of nitrogens with one attached hydrogen (secondary N) is 1. The summed E-state index contributed by atoms with van der Waals surface area (Å²) >= 11 is 6.63. The van der Waals surface area contributed by atoms with Gasteiger partial charge in [-0.15, -0.1) is 0 Å². The van der Waals surface area contributed by atoms with E-state index in [1.165, 1.54) is 6.08 Å². The zero-order valence-electron chi connectivity index (χ0n) is 19.1. The number of carbonyl (C=O) groups is 1. The molecule has 0 bridgehead atoms. The number of nitrogen functional groups attached to an aromatic ring is 1. The zero-order chi connectivity index (χ0) is 24.4. The van der Waals surface area contributed by atoms with Crippen molar-refractivity contribution in [2.24, 2.45) is 0 Å². The van der Waals surface area contributed by atoms with Crippen LogP contribution in [-0.4, -0.2) is 23.5 Å². The molecule has 4 aromatic rings. The van der Waals surface area contributed by atoms with E-state index in [4.69, 9.17) is 26.5 Å². The minimum absolute atomic E-state index is 0.202. The zero-order valence-corrected chi connectivity index (χ0v) is 19.9. The number of rotatable bonds is 6. The van der Waals surface area contributed by atoms with Crippen LogP contribution in [0.5, 0.6) is 5.75 Å². The van der Waals surface area contributed by atoms with Crippen LogP contribution in [0, 0.1) is 6.92 Å². The van der Waals surface area contributed by atoms with Crippen molar-refractivity contribution in [3.8, 4) is 28.2 Å². The highest BCUT2D eigenvalue weighted by Gasteiger charge is 2.27. The quantitative estimate of drug-likeness (QED) is 0.342. The van der Waals surface area contributed by atoms with Crippen molar-refractivity contribution in [1.82, 2.24) is 10.3 Å². The van der Waals surface area contributed by atoms with Gasteiger partial charge in [0, 0.05) is 35.4 Å². The standard InChI is InChI=1S/C28H24ClN3O3/c1-17-16-34-28(19-5-3-2-4-6-19)26(17)20-11-21-12-22(35-27(21)23(29)13-20)15-32-25(33)10-8-18-7-9-24(30)31-14-18/h2-11,13-14,16,22H,12,15H2,1H3,(H2,30,31)(H,32,33)/b10-8+. The van der Waals surface area contributed by atoms with Gasteiger partial charge >= 0.3 is 0 Å². The monoisotopic (exact) mass is 485 g/mol. The maximum atomic E-state index is 12.3. The molecule has 1 aliphatic rings. The SMILES string of the molecule is Cc1coc(-c2ccccc2)c1-c1cc(Cl)c2c(c1)CC(CNC(=O)/C=C/c1ccc(N)nc1)O2. The lowest BCUT2D eigenvalue weighted by molar-refractivity contribution is -0.116. The van der Waals surface area contributed by atoms with E-state index in [2.05, 4.69) is 16.4 Å². The van der Waals surface area contributed by atoms with Crippen LogP contribution in [0.3, 0.4) is 0 Å². The number of aromatic nitrogens is 1. The molecule has 3 N–H and O–H groups in total. The summed E-state index contributed by atoms with van der Waals surface area (Å²) in [6, 6.07) is 17.5. The Hall–Kier alpha value is -4.03. The number of anilines is 1. The van der Waals surface area contributed by atoms with Gasteiger partial charge in [-0.3, -0.25) is 4.79 Å². The van der Waals surface area contributed by atoms with Gasteiger partial charge < -0.3 is 20.2 Å². The summed E-state index contributed by atoms with van der Waals surface area (Å²) in [5, 5.41) is 3.43. The number of amides is 1. The molecule has 0 fully saturated rings. The van der Waals surface area contributed by atoms with Crippen LogP contribution < -0.4 is 15.8 Å². The van der Waals surface area contributed by atoms with Crippen LogP contribution in [-0.2, 0) is 11.2 Å². The number of carbonyl (C=O) groups excluding carboxylic acids is 1. The third-order valence-electron chi connectivity index (χ3n) is 5.89. The van der Waals surface area contributed by atoms with Gasteiger partial charge in [-0.2, -0.15) is 0 Å². The first kappa shape index (κ1) is 22.7. The maximum Gasteiger partial charge on any atom is 0.244 e. The van der Waals surface area contributed by atoms with Crippen molar-refractivity contribution in [2.75, 3.05) is 12.3 Å². The molecule has 176 valence electrons. The summed E-state index contributed by atoms with van der Waals surface area (Å²) in [6.07, 6.45) is 6.97.